The first-order valence-electron chi connectivity index (χ1n) is 5.16. The minimum absolute atomic E-state index is 0.0948. The molecule has 0 aliphatic heterocycles. The van der Waals surface area contributed by atoms with Crippen LogP contribution in [0.25, 0.3) is 0 Å². The lowest BCUT2D eigenvalue weighted by atomic mass is 10.1. The van der Waals surface area contributed by atoms with Crippen LogP contribution in [-0.2, 0) is 0 Å². The van der Waals surface area contributed by atoms with Crippen LogP contribution in [0.5, 0.6) is 0 Å². The van der Waals surface area contributed by atoms with E-state index in [1.54, 1.807) is 6.07 Å². The number of hydrogen-bond acceptors (Lipinski definition) is 2. The normalized spacial score (nSPS) is 10.7. The molecule has 1 aromatic carbocycles. The fourth-order valence-corrected chi connectivity index (χ4v) is 3.02. The van der Waals surface area contributed by atoms with Gasteiger partial charge in [0.2, 0.25) is 5.78 Å². The van der Waals surface area contributed by atoms with E-state index in [1.165, 1.54) is 24.3 Å². The second-order valence-electron chi connectivity index (χ2n) is 3.98. The maximum absolute atomic E-state index is 13.6. The van der Waals surface area contributed by atoms with Gasteiger partial charge in [0.25, 0.3) is 0 Å². The van der Waals surface area contributed by atoms with Crippen LogP contribution >= 0.6 is 27.3 Å². The molecule has 0 N–H and O–H groups in total. The Balaban J connectivity index is 2.49. The topological polar surface area (TPSA) is 17.1 Å². The van der Waals surface area contributed by atoms with Gasteiger partial charge in [-0.15, -0.1) is 11.3 Å². The van der Waals surface area contributed by atoms with Crippen molar-refractivity contribution in [3.05, 3.63) is 55.2 Å². The number of hydrogen-bond donors (Lipinski definition) is 0. The van der Waals surface area contributed by atoms with Crippen LogP contribution in [0.3, 0.4) is 0 Å². The summed E-state index contributed by atoms with van der Waals surface area (Å²) in [5.41, 5.74) is 1.08. The van der Waals surface area contributed by atoms with E-state index < -0.39 is 17.4 Å². The monoisotopic (exact) mass is 330 g/mol. The Bertz CT molecular complexity index is 615. The van der Waals surface area contributed by atoms with Crippen LogP contribution in [0.4, 0.5) is 8.78 Å². The van der Waals surface area contributed by atoms with Crippen molar-refractivity contribution in [3.63, 3.8) is 0 Å². The third kappa shape index (κ3) is 2.37. The van der Waals surface area contributed by atoms with E-state index in [4.69, 9.17) is 0 Å². The van der Waals surface area contributed by atoms with Gasteiger partial charge in [0.15, 0.2) is 0 Å². The standard InChI is InChI=1S/C13H9BrF2OS/c1-6-3-8(10(16)5-9(6)15)12(17)11-4-7(2)13(14)18-11/h3-5H,1-2H3. The molecule has 0 fully saturated rings. The van der Waals surface area contributed by atoms with Crippen molar-refractivity contribution in [3.8, 4) is 0 Å². The summed E-state index contributed by atoms with van der Waals surface area (Å²) < 4.78 is 27.6. The lowest BCUT2D eigenvalue weighted by Gasteiger charge is -2.03. The molecule has 0 amide bonds. The van der Waals surface area contributed by atoms with Crippen molar-refractivity contribution in [2.45, 2.75) is 13.8 Å². The van der Waals surface area contributed by atoms with Gasteiger partial charge in [-0.25, -0.2) is 8.78 Å². The minimum atomic E-state index is -0.828. The zero-order chi connectivity index (χ0) is 13.4. The first kappa shape index (κ1) is 13.4. The van der Waals surface area contributed by atoms with Gasteiger partial charge in [0.1, 0.15) is 11.6 Å². The third-order valence-corrected chi connectivity index (χ3v) is 4.71. The molecule has 0 saturated carbocycles. The Morgan fingerprint density at radius 2 is 1.78 bits per heavy atom. The van der Waals surface area contributed by atoms with E-state index in [2.05, 4.69) is 15.9 Å². The fraction of sp³-hybridized carbons (Fsp3) is 0.154. The lowest BCUT2D eigenvalue weighted by Crippen LogP contribution is -2.04. The molecule has 0 aliphatic rings. The Morgan fingerprint density at radius 3 is 2.33 bits per heavy atom. The van der Waals surface area contributed by atoms with E-state index in [1.807, 2.05) is 6.92 Å². The van der Waals surface area contributed by atoms with Crippen molar-refractivity contribution in [2.75, 3.05) is 0 Å². The molecule has 0 atom stereocenters. The summed E-state index contributed by atoms with van der Waals surface area (Å²) in [7, 11) is 0. The summed E-state index contributed by atoms with van der Waals surface area (Å²) in [5.74, 6) is -1.90. The molecule has 2 rings (SSSR count). The lowest BCUT2D eigenvalue weighted by molar-refractivity contribution is 0.103. The predicted octanol–water partition coefficient (Wildman–Crippen LogP) is 4.64. The van der Waals surface area contributed by atoms with Gasteiger partial charge in [-0.05, 0) is 53.0 Å². The van der Waals surface area contributed by atoms with Crippen LogP contribution < -0.4 is 0 Å². The van der Waals surface area contributed by atoms with Crippen LogP contribution in [-0.4, -0.2) is 5.78 Å². The van der Waals surface area contributed by atoms with E-state index in [0.29, 0.717) is 4.88 Å². The second-order valence-corrected chi connectivity index (χ2v) is 6.35. The largest absolute Gasteiger partial charge is 0.288 e. The number of carbonyl (C=O) groups is 1. The molecule has 18 heavy (non-hydrogen) atoms. The Kier molecular flexibility index (Phi) is 3.64. The zero-order valence-electron chi connectivity index (χ0n) is 9.68. The highest BCUT2D eigenvalue weighted by Gasteiger charge is 2.18. The Hall–Kier alpha value is -1.07. The van der Waals surface area contributed by atoms with Gasteiger partial charge in [-0.3, -0.25) is 4.79 Å². The molecule has 0 radical (unpaired) electrons. The zero-order valence-corrected chi connectivity index (χ0v) is 12.1. The molecular formula is C13H9BrF2OS. The maximum atomic E-state index is 13.6. The Labute approximate surface area is 116 Å². The quantitative estimate of drug-likeness (QED) is 0.733. The highest BCUT2D eigenvalue weighted by molar-refractivity contribution is 9.11. The number of benzene rings is 1. The summed E-state index contributed by atoms with van der Waals surface area (Å²) in [6.07, 6.45) is 0. The molecule has 2 aromatic rings. The molecule has 1 aromatic heterocycles. The molecule has 0 bridgehead atoms. The maximum Gasteiger partial charge on any atom is 0.205 e. The van der Waals surface area contributed by atoms with Gasteiger partial charge in [-0.2, -0.15) is 0 Å². The second kappa shape index (κ2) is 4.90. The molecule has 1 heterocycles. The number of halogens is 3. The van der Waals surface area contributed by atoms with E-state index in [0.717, 1.165) is 15.4 Å². The number of ketones is 1. The van der Waals surface area contributed by atoms with Crippen molar-refractivity contribution in [2.24, 2.45) is 0 Å². The highest BCUT2D eigenvalue weighted by Crippen LogP contribution is 2.29. The van der Waals surface area contributed by atoms with Crippen LogP contribution in [0.2, 0.25) is 0 Å². The molecule has 0 spiro atoms. The molecule has 1 nitrogen and oxygen atoms in total. The smallest absolute Gasteiger partial charge is 0.205 e. The Morgan fingerprint density at radius 1 is 1.11 bits per heavy atom. The number of rotatable bonds is 2. The number of thiophene rings is 1. The average molecular weight is 331 g/mol. The first-order valence-corrected chi connectivity index (χ1v) is 6.77. The number of aryl methyl sites for hydroxylation is 2. The van der Waals surface area contributed by atoms with Gasteiger partial charge >= 0.3 is 0 Å². The summed E-state index contributed by atoms with van der Waals surface area (Å²) in [6.45, 7) is 3.35. The fourth-order valence-electron chi connectivity index (χ4n) is 1.54. The minimum Gasteiger partial charge on any atom is -0.288 e. The molecular weight excluding hydrogens is 322 g/mol. The van der Waals surface area contributed by atoms with Gasteiger partial charge < -0.3 is 0 Å². The molecule has 0 aliphatic carbocycles. The van der Waals surface area contributed by atoms with Gasteiger partial charge in [0, 0.05) is 6.07 Å². The SMILES string of the molecule is Cc1cc(C(=O)c2cc(C)c(Br)s2)c(F)cc1F. The van der Waals surface area contributed by atoms with Gasteiger partial charge in [0.05, 0.1) is 14.2 Å². The summed E-state index contributed by atoms with van der Waals surface area (Å²) in [5, 5.41) is 0. The average Bonchev–Trinajstić information content (AvgIpc) is 2.63. The highest BCUT2D eigenvalue weighted by atomic mass is 79.9. The summed E-state index contributed by atoms with van der Waals surface area (Å²) >= 11 is 4.56. The molecule has 94 valence electrons. The van der Waals surface area contributed by atoms with Crippen LogP contribution in [0.1, 0.15) is 26.4 Å². The van der Waals surface area contributed by atoms with Crippen molar-refractivity contribution in [1.29, 1.82) is 0 Å². The molecule has 0 unspecified atom stereocenters. The van der Waals surface area contributed by atoms with Crippen molar-refractivity contribution in [1.82, 2.24) is 0 Å². The molecule has 0 saturated heterocycles. The first-order chi connectivity index (χ1) is 8.40. The predicted molar refractivity (Wildman–Crippen MR) is 71.3 cm³/mol. The third-order valence-electron chi connectivity index (χ3n) is 2.57. The summed E-state index contributed by atoms with van der Waals surface area (Å²) in [6, 6.07) is 3.68. The van der Waals surface area contributed by atoms with Gasteiger partial charge in [-0.1, -0.05) is 0 Å². The van der Waals surface area contributed by atoms with Crippen molar-refractivity contribution < 1.29 is 13.6 Å². The number of carbonyl (C=O) groups excluding carboxylic acids is 1. The van der Waals surface area contributed by atoms with E-state index in [-0.39, 0.29) is 11.1 Å². The van der Waals surface area contributed by atoms with E-state index in [9.17, 15) is 13.6 Å². The summed E-state index contributed by atoms with van der Waals surface area (Å²) in [4.78, 5) is 12.6. The van der Waals surface area contributed by atoms with E-state index >= 15 is 0 Å². The van der Waals surface area contributed by atoms with Crippen LogP contribution in [0, 0.1) is 25.5 Å². The van der Waals surface area contributed by atoms with Crippen molar-refractivity contribution >= 4 is 33.0 Å². The molecule has 5 heteroatoms. The van der Waals surface area contributed by atoms with Crippen LogP contribution in [0.15, 0.2) is 22.0 Å².